The Kier molecular flexibility index (Phi) is 4.44. The third kappa shape index (κ3) is 3.40. The first-order valence-corrected chi connectivity index (χ1v) is 7.47. The molecule has 0 unspecified atom stereocenters. The van der Waals surface area contributed by atoms with Gasteiger partial charge in [-0.25, -0.2) is 9.59 Å². The molecule has 1 aromatic carbocycles. The quantitative estimate of drug-likeness (QED) is 0.895. The number of hydrogen-bond donors (Lipinski definition) is 2. The Morgan fingerprint density at radius 2 is 1.95 bits per heavy atom. The van der Waals surface area contributed by atoms with Crippen LogP contribution in [0.3, 0.4) is 0 Å². The van der Waals surface area contributed by atoms with Gasteiger partial charge in [-0.2, -0.15) is 0 Å². The van der Waals surface area contributed by atoms with Crippen molar-refractivity contribution in [2.24, 2.45) is 11.3 Å². The first-order valence-electron chi connectivity index (χ1n) is 7.47. The topological polar surface area (TPSA) is 75.6 Å². The molecule has 0 aliphatic heterocycles. The highest BCUT2D eigenvalue weighted by Gasteiger charge is 2.55. The number of benzene rings is 1. The summed E-state index contributed by atoms with van der Waals surface area (Å²) < 4.78 is 5.17. The summed E-state index contributed by atoms with van der Waals surface area (Å²) in [7, 11) is 0. The number of carboxylic acid groups (broad SMARTS) is 1. The summed E-state index contributed by atoms with van der Waals surface area (Å²) in [6, 6.07) is 9.29. The number of nitrogens with one attached hydrogen (secondary N) is 1. The average Bonchev–Trinajstić information content (AvgIpc) is 2.68. The Labute approximate surface area is 130 Å². The van der Waals surface area contributed by atoms with E-state index >= 15 is 0 Å². The lowest BCUT2D eigenvalue weighted by Crippen LogP contribution is -2.56. The molecule has 1 fully saturated rings. The lowest BCUT2D eigenvalue weighted by Gasteiger charge is -2.30. The molecule has 5 nitrogen and oxygen atoms in total. The van der Waals surface area contributed by atoms with E-state index in [1.165, 1.54) is 0 Å². The highest BCUT2D eigenvalue weighted by atomic mass is 16.5. The van der Waals surface area contributed by atoms with E-state index in [1.54, 1.807) is 0 Å². The van der Waals surface area contributed by atoms with Crippen LogP contribution in [0.2, 0.25) is 0 Å². The fraction of sp³-hybridized carbons (Fsp3) is 0.529. The fourth-order valence-corrected chi connectivity index (χ4v) is 3.45. The van der Waals surface area contributed by atoms with Crippen LogP contribution in [-0.4, -0.2) is 22.7 Å². The van der Waals surface area contributed by atoms with Crippen molar-refractivity contribution in [3.05, 3.63) is 35.9 Å². The lowest BCUT2D eigenvalue weighted by atomic mass is 9.86. The van der Waals surface area contributed by atoms with Crippen molar-refractivity contribution in [2.75, 3.05) is 0 Å². The molecular weight excluding hydrogens is 282 g/mol. The molecule has 1 amide bonds. The van der Waals surface area contributed by atoms with Crippen molar-refractivity contribution < 1.29 is 19.4 Å². The maximum atomic E-state index is 12.0. The zero-order valence-electron chi connectivity index (χ0n) is 13.3. The molecule has 2 rings (SSSR count). The van der Waals surface area contributed by atoms with Crippen molar-refractivity contribution >= 4 is 12.1 Å². The van der Waals surface area contributed by atoms with E-state index in [0.29, 0.717) is 6.42 Å². The Balaban J connectivity index is 2.03. The average molecular weight is 305 g/mol. The molecule has 1 aliphatic carbocycles. The minimum absolute atomic E-state index is 0.121. The van der Waals surface area contributed by atoms with Crippen molar-refractivity contribution in [1.29, 1.82) is 0 Å². The van der Waals surface area contributed by atoms with Gasteiger partial charge in [-0.05, 0) is 29.7 Å². The van der Waals surface area contributed by atoms with E-state index in [9.17, 15) is 14.7 Å². The van der Waals surface area contributed by atoms with Gasteiger partial charge in [0.15, 0.2) is 0 Å². The minimum Gasteiger partial charge on any atom is -0.479 e. The van der Waals surface area contributed by atoms with Gasteiger partial charge in [0.2, 0.25) is 0 Å². The van der Waals surface area contributed by atoms with Gasteiger partial charge in [0.05, 0.1) is 0 Å². The molecule has 1 aromatic rings. The summed E-state index contributed by atoms with van der Waals surface area (Å²) in [6.07, 6.45) is 0.464. The molecule has 0 spiro atoms. The van der Waals surface area contributed by atoms with Crippen LogP contribution in [0.5, 0.6) is 0 Å². The summed E-state index contributed by atoms with van der Waals surface area (Å²) >= 11 is 0. The molecule has 2 N–H and O–H groups in total. The summed E-state index contributed by atoms with van der Waals surface area (Å²) in [5.74, 6) is -1.15. The molecule has 0 heterocycles. The smallest absolute Gasteiger partial charge is 0.408 e. The second kappa shape index (κ2) is 5.99. The summed E-state index contributed by atoms with van der Waals surface area (Å²) in [4.78, 5) is 23.8. The van der Waals surface area contributed by atoms with Crippen LogP contribution in [0.1, 0.15) is 39.2 Å². The Hall–Kier alpha value is -2.04. The summed E-state index contributed by atoms with van der Waals surface area (Å²) in [5.41, 5.74) is -0.510. The number of carbonyl (C=O) groups is 2. The highest BCUT2D eigenvalue weighted by molar-refractivity contribution is 5.85. The molecule has 22 heavy (non-hydrogen) atoms. The Morgan fingerprint density at radius 1 is 1.32 bits per heavy atom. The van der Waals surface area contributed by atoms with Gasteiger partial charge < -0.3 is 15.2 Å². The van der Waals surface area contributed by atoms with E-state index < -0.39 is 17.6 Å². The molecule has 120 valence electrons. The summed E-state index contributed by atoms with van der Waals surface area (Å²) in [5, 5.41) is 12.2. The van der Waals surface area contributed by atoms with Crippen molar-refractivity contribution in [2.45, 2.75) is 45.8 Å². The number of rotatable bonds is 4. The second-order valence-corrected chi connectivity index (χ2v) is 6.91. The van der Waals surface area contributed by atoms with Crippen molar-refractivity contribution in [3.8, 4) is 0 Å². The monoisotopic (exact) mass is 305 g/mol. The largest absolute Gasteiger partial charge is 0.479 e. The van der Waals surface area contributed by atoms with E-state index in [1.807, 2.05) is 51.1 Å². The van der Waals surface area contributed by atoms with Crippen LogP contribution in [0, 0.1) is 11.3 Å². The fourth-order valence-electron chi connectivity index (χ4n) is 3.45. The molecule has 5 heteroatoms. The first-order chi connectivity index (χ1) is 10.3. The van der Waals surface area contributed by atoms with E-state index in [4.69, 9.17) is 4.74 Å². The number of alkyl carbamates (subject to hydrolysis) is 1. The van der Waals surface area contributed by atoms with Crippen molar-refractivity contribution in [1.82, 2.24) is 5.32 Å². The van der Waals surface area contributed by atoms with Crippen LogP contribution in [0.25, 0.3) is 0 Å². The molecule has 1 aliphatic rings. The lowest BCUT2D eigenvalue weighted by molar-refractivity contribution is -0.146. The Morgan fingerprint density at radius 3 is 2.45 bits per heavy atom. The van der Waals surface area contributed by atoms with Crippen molar-refractivity contribution in [3.63, 3.8) is 0 Å². The van der Waals surface area contributed by atoms with Gasteiger partial charge in [0.1, 0.15) is 12.1 Å². The van der Waals surface area contributed by atoms with Gasteiger partial charge in [0, 0.05) is 0 Å². The summed E-state index contributed by atoms with van der Waals surface area (Å²) in [6.45, 7) is 6.02. The van der Waals surface area contributed by atoms with Crippen LogP contribution in [0.15, 0.2) is 30.3 Å². The molecule has 0 aromatic heterocycles. The third-order valence-corrected chi connectivity index (χ3v) is 4.38. The van der Waals surface area contributed by atoms with E-state index in [-0.39, 0.29) is 17.9 Å². The first kappa shape index (κ1) is 16.3. The number of hydrogen-bond acceptors (Lipinski definition) is 3. The van der Waals surface area contributed by atoms with Gasteiger partial charge in [-0.15, -0.1) is 0 Å². The van der Waals surface area contributed by atoms with Crippen LogP contribution in [-0.2, 0) is 16.1 Å². The van der Waals surface area contributed by atoms with E-state index in [0.717, 1.165) is 12.0 Å². The maximum absolute atomic E-state index is 12.0. The van der Waals surface area contributed by atoms with Crippen LogP contribution in [0.4, 0.5) is 4.79 Å². The molecule has 0 bridgehead atoms. The zero-order valence-corrected chi connectivity index (χ0v) is 13.3. The van der Waals surface area contributed by atoms with Gasteiger partial charge in [-0.3, -0.25) is 0 Å². The molecule has 0 saturated heterocycles. The SMILES string of the molecule is C[C@@H]1CC(C)(C)C[C@@]1(NC(=O)OCc1ccccc1)C(=O)O. The van der Waals surface area contributed by atoms with Crippen LogP contribution >= 0.6 is 0 Å². The molecule has 2 atom stereocenters. The normalized spacial score (nSPS) is 26.4. The van der Waals surface area contributed by atoms with Crippen LogP contribution < -0.4 is 5.32 Å². The van der Waals surface area contributed by atoms with Gasteiger partial charge >= 0.3 is 12.1 Å². The maximum Gasteiger partial charge on any atom is 0.408 e. The third-order valence-electron chi connectivity index (χ3n) is 4.38. The predicted octanol–water partition coefficient (Wildman–Crippen LogP) is 3.19. The second-order valence-electron chi connectivity index (χ2n) is 6.91. The minimum atomic E-state index is -1.25. The van der Waals surface area contributed by atoms with Gasteiger partial charge in [0.25, 0.3) is 0 Å². The number of aliphatic carboxylic acids is 1. The van der Waals surface area contributed by atoms with E-state index in [2.05, 4.69) is 5.32 Å². The predicted molar refractivity (Wildman–Crippen MR) is 82.3 cm³/mol. The molecular formula is C17H23NO4. The highest BCUT2D eigenvalue weighted by Crippen LogP contribution is 2.47. The number of carbonyl (C=O) groups excluding carboxylic acids is 1. The Bertz CT molecular complexity index is 555. The zero-order chi connectivity index (χ0) is 16.4. The number of amides is 1. The number of carboxylic acids is 1. The molecule has 0 radical (unpaired) electrons. The standard InChI is InChI=1S/C17H23NO4/c1-12-9-16(2,3)11-17(12,14(19)20)18-15(21)22-10-13-7-5-4-6-8-13/h4-8,12H,9-11H2,1-3H3,(H,18,21)(H,19,20)/t12-,17+/m1/s1. The number of ether oxygens (including phenoxy) is 1. The van der Waals surface area contributed by atoms with Gasteiger partial charge in [-0.1, -0.05) is 51.1 Å². The molecule has 1 saturated carbocycles.